The van der Waals surface area contributed by atoms with E-state index in [1.54, 1.807) is 25.9 Å². The van der Waals surface area contributed by atoms with Crippen molar-refractivity contribution in [2.24, 2.45) is 5.73 Å². The molecule has 0 saturated carbocycles. The molecule has 1 heterocycles. The summed E-state index contributed by atoms with van der Waals surface area (Å²) in [6.07, 6.45) is 1.51. The summed E-state index contributed by atoms with van der Waals surface area (Å²) in [4.78, 5) is 29.6. The summed E-state index contributed by atoms with van der Waals surface area (Å²) in [5, 5.41) is 0. The van der Waals surface area contributed by atoms with Crippen molar-refractivity contribution in [2.75, 3.05) is 46.8 Å². The third-order valence-electron chi connectivity index (χ3n) is 3.96. The fourth-order valence-corrected chi connectivity index (χ4v) is 2.18. The predicted octanol–water partition coefficient (Wildman–Crippen LogP) is -0.264. The Balaban J connectivity index is 2.55. The zero-order chi connectivity index (χ0) is 15.3. The molecule has 1 saturated heterocycles. The Morgan fingerprint density at radius 2 is 1.85 bits per heavy atom. The van der Waals surface area contributed by atoms with E-state index in [2.05, 4.69) is 4.90 Å². The zero-order valence-corrected chi connectivity index (χ0v) is 13.2. The fourth-order valence-electron chi connectivity index (χ4n) is 2.18. The minimum atomic E-state index is -0.783. The number of nitrogens with two attached hydrogens (primary N) is 1. The molecule has 1 rings (SSSR count). The summed E-state index contributed by atoms with van der Waals surface area (Å²) < 4.78 is 0. The molecule has 20 heavy (non-hydrogen) atoms. The van der Waals surface area contributed by atoms with Crippen molar-refractivity contribution in [3.63, 3.8) is 0 Å². The summed E-state index contributed by atoms with van der Waals surface area (Å²) in [6, 6.07) is 0. The number of amides is 2. The molecule has 1 fully saturated rings. The molecule has 0 spiro atoms. The molecular formula is C14H28N4O2. The van der Waals surface area contributed by atoms with E-state index in [1.807, 2.05) is 11.8 Å². The van der Waals surface area contributed by atoms with Crippen LogP contribution in [0.1, 0.15) is 26.7 Å². The smallest absolute Gasteiger partial charge is 0.242 e. The van der Waals surface area contributed by atoms with E-state index in [0.29, 0.717) is 19.5 Å². The number of carbonyl (C=O) groups excluding carboxylic acids is 2. The second kappa shape index (κ2) is 7.04. The Morgan fingerprint density at radius 1 is 1.20 bits per heavy atom. The summed E-state index contributed by atoms with van der Waals surface area (Å²) in [7, 11) is 3.52. The molecular weight excluding hydrogens is 256 g/mol. The number of hydrogen-bond donors (Lipinski definition) is 1. The standard InChI is InChI=1S/C14H28N4O2/c1-5-14(2,15)13(20)18-8-6-7-17(9-10-18)11-12(19)16(3)4/h5-11,15H2,1-4H3. The summed E-state index contributed by atoms with van der Waals surface area (Å²) in [5.74, 6) is 0.114. The molecule has 6 heteroatoms. The van der Waals surface area contributed by atoms with Crippen LogP contribution in [0.15, 0.2) is 0 Å². The first-order valence-corrected chi connectivity index (χ1v) is 7.28. The van der Waals surface area contributed by atoms with Crippen LogP contribution in [0.25, 0.3) is 0 Å². The highest BCUT2D eigenvalue weighted by Crippen LogP contribution is 2.12. The topological polar surface area (TPSA) is 69.9 Å². The first kappa shape index (κ1) is 16.9. The van der Waals surface area contributed by atoms with Gasteiger partial charge in [0.05, 0.1) is 12.1 Å². The number of likely N-dealkylation sites (N-methyl/N-ethyl adjacent to an activating group) is 1. The zero-order valence-electron chi connectivity index (χ0n) is 13.2. The van der Waals surface area contributed by atoms with E-state index >= 15 is 0 Å². The molecule has 2 N–H and O–H groups in total. The normalized spacial score (nSPS) is 20.1. The number of hydrogen-bond acceptors (Lipinski definition) is 4. The summed E-state index contributed by atoms with van der Waals surface area (Å²) in [6.45, 7) is 7.07. The van der Waals surface area contributed by atoms with Crippen molar-refractivity contribution in [1.82, 2.24) is 14.7 Å². The molecule has 0 radical (unpaired) electrons. The predicted molar refractivity (Wildman–Crippen MR) is 79.2 cm³/mol. The van der Waals surface area contributed by atoms with Crippen LogP contribution in [0.4, 0.5) is 0 Å². The fraction of sp³-hybridized carbons (Fsp3) is 0.857. The van der Waals surface area contributed by atoms with Gasteiger partial charge >= 0.3 is 0 Å². The molecule has 0 aromatic rings. The van der Waals surface area contributed by atoms with Gasteiger partial charge in [0.2, 0.25) is 11.8 Å². The lowest BCUT2D eigenvalue weighted by atomic mass is 9.98. The second-order valence-corrected chi connectivity index (χ2v) is 5.98. The van der Waals surface area contributed by atoms with E-state index < -0.39 is 5.54 Å². The van der Waals surface area contributed by atoms with Crippen LogP contribution in [0.3, 0.4) is 0 Å². The molecule has 2 amide bonds. The van der Waals surface area contributed by atoms with Crippen molar-refractivity contribution in [3.8, 4) is 0 Å². The van der Waals surface area contributed by atoms with Gasteiger partial charge in [-0.2, -0.15) is 0 Å². The molecule has 1 unspecified atom stereocenters. The maximum absolute atomic E-state index is 12.3. The Bertz CT molecular complexity index is 355. The SMILES string of the molecule is CCC(C)(N)C(=O)N1CCCN(CC(=O)N(C)C)CC1. The van der Waals surface area contributed by atoms with Gasteiger partial charge in [-0.05, 0) is 19.8 Å². The van der Waals surface area contributed by atoms with Crippen molar-refractivity contribution in [2.45, 2.75) is 32.2 Å². The molecule has 0 bridgehead atoms. The molecule has 6 nitrogen and oxygen atoms in total. The van der Waals surface area contributed by atoms with Gasteiger partial charge < -0.3 is 15.5 Å². The van der Waals surface area contributed by atoms with Crippen LogP contribution in [-0.2, 0) is 9.59 Å². The minimum absolute atomic E-state index is 0.0146. The van der Waals surface area contributed by atoms with Gasteiger partial charge in [-0.1, -0.05) is 6.92 Å². The van der Waals surface area contributed by atoms with Crippen LogP contribution in [-0.4, -0.2) is 78.9 Å². The van der Waals surface area contributed by atoms with Gasteiger partial charge in [-0.15, -0.1) is 0 Å². The van der Waals surface area contributed by atoms with Crippen LogP contribution in [0.5, 0.6) is 0 Å². The van der Waals surface area contributed by atoms with Crippen molar-refractivity contribution in [1.29, 1.82) is 0 Å². The highest BCUT2D eigenvalue weighted by Gasteiger charge is 2.31. The Hall–Kier alpha value is -1.14. The lowest BCUT2D eigenvalue weighted by Gasteiger charge is -2.30. The van der Waals surface area contributed by atoms with Gasteiger partial charge in [0, 0.05) is 40.3 Å². The first-order valence-electron chi connectivity index (χ1n) is 7.28. The molecule has 1 aliphatic heterocycles. The Kier molecular flexibility index (Phi) is 5.95. The average Bonchev–Trinajstić information content (AvgIpc) is 2.63. The van der Waals surface area contributed by atoms with Gasteiger partial charge in [-0.25, -0.2) is 0 Å². The van der Waals surface area contributed by atoms with Crippen molar-refractivity contribution < 1.29 is 9.59 Å². The maximum atomic E-state index is 12.3. The summed E-state index contributed by atoms with van der Waals surface area (Å²) >= 11 is 0. The average molecular weight is 284 g/mol. The maximum Gasteiger partial charge on any atom is 0.242 e. The van der Waals surface area contributed by atoms with Crippen LogP contribution in [0.2, 0.25) is 0 Å². The monoisotopic (exact) mass is 284 g/mol. The summed E-state index contributed by atoms with van der Waals surface area (Å²) in [5.41, 5.74) is 5.25. The number of rotatable bonds is 4. The van der Waals surface area contributed by atoms with Gasteiger partial charge in [0.25, 0.3) is 0 Å². The molecule has 0 aromatic carbocycles. The number of nitrogens with zero attached hydrogens (tertiary/aromatic N) is 3. The lowest BCUT2D eigenvalue weighted by Crippen LogP contribution is -2.53. The molecule has 0 aliphatic carbocycles. The Morgan fingerprint density at radius 3 is 2.40 bits per heavy atom. The second-order valence-electron chi connectivity index (χ2n) is 5.98. The molecule has 1 aliphatic rings. The Labute approximate surface area is 121 Å². The van der Waals surface area contributed by atoms with E-state index in [0.717, 1.165) is 26.1 Å². The third-order valence-corrected chi connectivity index (χ3v) is 3.96. The lowest BCUT2D eigenvalue weighted by molar-refractivity contribution is -0.136. The quantitative estimate of drug-likeness (QED) is 0.772. The first-order chi connectivity index (χ1) is 9.27. The van der Waals surface area contributed by atoms with Crippen molar-refractivity contribution >= 4 is 11.8 Å². The van der Waals surface area contributed by atoms with Gasteiger partial charge in [0.1, 0.15) is 0 Å². The van der Waals surface area contributed by atoms with E-state index in [1.165, 1.54) is 0 Å². The highest BCUT2D eigenvalue weighted by atomic mass is 16.2. The highest BCUT2D eigenvalue weighted by molar-refractivity contribution is 5.85. The van der Waals surface area contributed by atoms with Gasteiger partial charge in [0.15, 0.2) is 0 Å². The minimum Gasteiger partial charge on any atom is -0.348 e. The van der Waals surface area contributed by atoms with E-state index in [4.69, 9.17) is 5.73 Å². The van der Waals surface area contributed by atoms with E-state index in [-0.39, 0.29) is 11.8 Å². The number of carbonyl (C=O) groups is 2. The molecule has 0 aromatic heterocycles. The van der Waals surface area contributed by atoms with Crippen molar-refractivity contribution in [3.05, 3.63) is 0 Å². The van der Waals surface area contributed by atoms with Gasteiger partial charge in [-0.3, -0.25) is 14.5 Å². The van der Waals surface area contributed by atoms with Crippen LogP contribution < -0.4 is 5.73 Å². The van der Waals surface area contributed by atoms with Crippen LogP contribution in [0, 0.1) is 0 Å². The van der Waals surface area contributed by atoms with Crippen LogP contribution >= 0.6 is 0 Å². The largest absolute Gasteiger partial charge is 0.348 e. The molecule has 116 valence electrons. The van der Waals surface area contributed by atoms with E-state index in [9.17, 15) is 9.59 Å². The third kappa shape index (κ3) is 4.45. The molecule has 1 atom stereocenters.